The summed E-state index contributed by atoms with van der Waals surface area (Å²) >= 11 is 1.40. The van der Waals surface area contributed by atoms with Gasteiger partial charge in [0, 0.05) is 23.5 Å². The van der Waals surface area contributed by atoms with Gasteiger partial charge in [-0.3, -0.25) is 4.79 Å². The quantitative estimate of drug-likeness (QED) is 0.472. The number of aryl methyl sites for hydroxylation is 1. The van der Waals surface area contributed by atoms with Crippen LogP contribution in [0, 0.1) is 12.8 Å². The Morgan fingerprint density at radius 2 is 1.83 bits per heavy atom. The molecule has 4 rings (SSSR count). The second kappa shape index (κ2) is 10.8. The van der Waals surface area contributed by atoms with Gasteiger partial charge in [0.25, 0.3) is 0 Å². The standard InChI is InChI=1S/C25H29N3O5S2/c1-4-33-21-9-7-18(8-10-21)23-17(2)34-25(26-23)27-24(29)19-6-5-15-28(16-19)35(30,31)22-13-11-20(32-3)12-14-22/h7-14,19H,4-6,15-16H2,1-3H3,(H,26,27,29). The molecule has 8 nitrogen and oxygen atoms in total. The molecule has 0 spiro atoms. The van der Waals surface area contributed by atoms with E-state index in [4.69, 9.17) is 9.47 Å². The molecule has 2 heterocycles. The first-order valence-corrected chi connectivity index (χ1v) is 13.7. The number of anilines is 1. The van der Waals surface area contributed by atoms with Crippen molar-refractivity contribution >= 4 is 32.4 Å². The molecule has 3 aromatic rings. The third kappa shape index (κ3) is 5.66. The van der Waals surface area contributed by atoms with Gasteiger partial charge >= 0.3 is 0 Å². The number of ether oxygens (including phenoxy) is 2. The van der Waals surface area contributed by atoms with E-state index in [-0.39, 0.29) is 17.3 Å². The maximum Gasteiger partial charge on any atom is 0.243 e. The number of rotatable bonds is 8. The van der Waals surface area contributed by atoms with E-state index < -0.39 is 15.9 Å². The van der Waals surface area contributed by atoms with Gasteiger partial charge in [0.05, 0.1) is 30.2 Å². The Morgan fingerprint density at radius 1 is 1.14 bits per heavy atom. The molecule has 0 bridgehead atoms. The number of benzene rings is 2. The van der Waals surface area contributed by atoms with Crippen molar-refractivity contribution in [2.45, 2.75) is 31.6 Å². The van der Waals surface area contributed by atoms with E-state index in [1.54, 1.807) is 12.1 Å². The first-order chi connectivity index (χ1) is 16.8. The van der Waals surface area contributed by atoms with Crippen molar-refractivity contribution in [3.63, 3.8) is 0 Å². The molecule has 1 amide bonds. The van der Waals surface area contributed by atoms with Gasteiger partial charge in [-0.1, -0.05) is 0 Å². The van der Waals surface area contributed by atoms with Crippen LogP contribution in [0.3, 0.4) is 0 Å². The lowest BCUT2D eigenvalue weighted by atomic mass is 9.99. The molecule has 1 aliphatic rings. The van der Waals surface area contributed by atoms with Crippen LogP contribution in [-0.2, 0) is 14.8 Å². The van der Waals surface area contributed by atoms with E-state index in [0.29, 0.717) is 36.9 Å². The van der Waals surface area contributed by atoms with Crippen molar-refractivity contribution < 1.29 is 22.7 Å². The van der Waals surface area contributed by atoms with Crippen LogP contribution in [0.4, 0.5) is 5.13 Å². The molecule has 1 aromatic heterocycles. The highest BCUT2D eigenvalue weighted by molar-refractivity contribution is 7.89. The summed E-state index contributed by atoms with van der Waals surface area (Å²) in [5, 5.41) is 3.41. The number of sulfonamides is 1. The fraction of sp³-hybridized carbons (Fsp3) is 0.360. The van der Waals surface area contributed by atoms with Crippen molar-refractivity contribution in [3.05, 3.63) is 53.4 Å². The maximum atomic E-state index is 13.1. The van der Waals surface area contributed by atoms with Crippen LogP contribution in [0.15, 0.2) is 53.4 Å². The summed E-state index contributed by atoms with van der Waals surface area (Å²) < 4.78 is 38.2. The summed E-state index contributed by atoms with van der Waals surface area (Å²) in [4.78, 5) is 18.8. The molecule has 0 saturated carbocycles. The molecule has 1 fully saturated rings. The number of carbonyl (C=O) groups excluding carboxylic acids is 1. The van der Waals surface area contributed by atoms with Crippen LogP contribution in [-0.4, -0.2) is 50.4 Å². The molecule has 1 aliphatic heterocycles. The average molecular weight is 516 g/mol. The molecule has 35 heavy (non-hydrogen) atoms. The monoisotopic (exact) mass is 515 g/mol. The van der Waals surface area contributed by atoms with Crippen molar-refractivity contribution in [3.8, 4) is 22.8 Å². The number of hydrogen-bond donors (Lipinski definition) is 1. The topological polar surface area (TPSA) is 97.8 Å². The summed E-state index contributed by atoms with van der Waals surface area (Å²) in [7, 11) is -2.17. The number of aromatic nitrogens is 1. The predicted molar refractivity (Wildman–Crippen MR) is 137 cm³/mol. The average Bonchev–Trinajstić information content (AvgIpc) is 3.24. The highest BCUT2D eigenvalue weighted by Crippen LogP contribution is 2.32. The molecular formula is C25H29N3O5S2. The molecule has 0 aliphatic carbocycles. The summed E-state index contributed by atoms with van der Waals surface area (Å²) in [5.41, 5.74) is 1.75. The lowest BCUT2D eigenvalue weighted by molar-refractivity contribution is -0.120. The molecule has 2 aromatic carbocycles. The number of nitrogens with zero attached hydrogens (tertiary/aromatic N) is 2. The SMILES string of the molecule is CCOc1ccc(-c2nc(NC(=O)C3CCCN(S(=O)(=O)c4ccc(OC)cc4)C3)sc2C)cc1. The summed E-state index contributed by atoms with van der Waals surface area (Å²) in [5.74, 6) is 0.717. The second-order valence-electron chi connectivity index (χ2n) is 8.25. The third-order valence-electron chi connectivity index (χ3n) is 5.92. The first-order valence-electron chi connectivity index (χ1n) is 11.5. The molecule has 1 saturated heterocycles. The molecule has 1 atom stereocenters. The highest BCUT2D eigenvalue weighted by atomic mass is 32.2. The zero-order chi connectivity index (χ0) is 25.0. The van der Waals surface area contributed by atoms with Gasteiger partial charge in [-0.25, -0.2) is 13.4 Å². The summed E-state index contributed by atoms with van der Waals surface area (Å²) in [6.45, 7) is 5.02. The van der Waals surface area contributed by atoms with E-state index in [0.717, 1.165) is 21.9 Å². The highest BCUT2D eigenvalue weighted by Gasteiger charge is 2.33. The lowest BCUT2D eigenvalue weighted by Gasteiger charge is -2.31. The van der Waals surface area contributed by atoms with Gasteiger partial charge in [0.15, 0.2) is 5.13 Å². The van der Waals surface area contributed by atoms with E-state index in [1.807, 2.05) is 38.1 Å². The molecular weight excluding hydrogens is 486 g/mol. The Bertz CT molecular complexity index is 1270. The Labute approximate surface area is 210 Å². The van der Waals surface area contributed by atoms with Gasteiger partial charge < -0.3 is 14.8 Å². The largest absolute Gasteiger partial charge is 0.497 e. The fourth-order valence-electron chi connectivity index (χ4n) is 4.07. The van der Waals surface area contributed by atoms with Crippen LogP contribution < -0.4 is 14.8 Å². The Morgan fingerprint density at radius 3 is 2.49 bits per heavy atom. The Balaban J connectivity index is 1.44. The Hall–Kier alpha value is -2.95. The van der Waals surface area contributed by atoms with Crippen LogP contribution >= 0.6 is 11.3 Å². The summed E-state index contributed by atoms with van der Waals surface area (Å²) in [6.07, 6.45) is 1.23. The third-order valence-corrected chi connectivity index (χ3v) is 8.68. The maximum absolute atomic E-state index is 13.1. The van der Waals surface area contributed by atoms with Crippen LogP contribution in [0.1, 0.15) is 24.6 Å². The number of hydrogen-bond acceptors (Lipinski definition) is 7. The van der Waals surface area contributed by atoms with E-state index in [1.165, 1.54) is 34.9 Å². The smallest absolute Gasteiger partial charge is 0.243 e. The van der Waals surface area contributed by atoms with Crippen molar-refractivity contribution in [1.82, 2.24) is 9.29 Å². The zero-order valence-electron chi connectivity index (χ0n) is 20.0. The van der Waals surface area contributed by atoms with Crippen LogP contribution in [0.2, 0.25) is 0 Å². The van der Waals surface area contributed by atoms with Gasteiger partial charge in [-0.15, -0.1) is 11.3 Å². The van der Waals surface area contributed by atoms with Gasteiger partial charge in [-0.05, 0) is 75.2 Å². The normalized spacial score (nSPS) is 16.6. The van der Waals surface area contributed by atoms with E-state index in [2.05, 4.69) is 10.3 Å². The molecule has 186 valence electrons. The van der Waals surface area contributed by atoms with Gasteiger partial charge in [0.1, 0.15) is 11.5 Å². The molecule has 0 radical (unpaired) electrons. The van der Waals surface area contributed by atoms with Crippen molar-refractivity contribution in [2.75, 3.05) is 32.1 Å². The number of methoxy groups -OCH3 is 1. The second-order valence-corrected chi connectivity index (χ2v) is 11.4. The molecule has 10 heteroatoms. The van der Waals surface area contributed by atoms with Crippen LogP contribution in [0.5, 0.6) is 11.5 Å². The number of thiazole rings is 1. The van der Waals surface area contributed by atoms with E-state index >= 15 is 0 Å². The first kappa shape index (κ1) is 25.2. The lowest BCUT2D eigenvalue weighted by Crippen LogP contribution is -2.43. The predicted octanol–water partition coefficient (Wildman–Crippen LogP) is 4.57. The molecule has 1 unspecified atom stereocenters. The van der Waals surface area contributed by atoms with E-state index in [9.17, 15) is 13.2 Å². The number of amides is 1. The number of carbonyl (C=O) groups is 1. The van der Waals surface area contributed by atoms with Gasteiger partial charge in [-0.2, -0.15) is 4.31 Å². The number of nitrogens with one attached hydrogen (secondary N) is 1. The minimum atomic E-state index is -3.70. The fourth-order valence-corrected chi connectivity index (χ4v) is 6.43. The minimum Gasteiger partial charge on any atom is -0.497 e. The van der Waals surface area contributed by atoms with Crippen molar-refractivity contribution in [1.29, 1.82) is 0 Å². The zero-order valence-corrected chi connectivity index (χ0v) is 21.6. The molecule has 1 N–H and O–H groups in total. The summed E-state index contributed by atoms with van der Waals surface area (Å²) in [6, 6.07) is 14.0. The van der Waals surface area contributed by atoms with Crippen molar-refractivity contribution in [2.24, 2.45) is 5.92 Å². The van der Waals surface area contributed by atoms with Crippen LogP contribution in [0.25, 0.3) is 11.3 Å². The number of piperidine rings is 1. The van der Waals surface area contributed by atoms with Gasteiger partial charge in [0.2, 0.25) is 15.9 Å². The Kier molecular flexibility index (Phi) is 7.73. The minimum absolute atomic E-state index is 0.135.